The van der Waals surface area contributed by atoms with Gasteiger partial charge in [-0.25, -0.2) is 0 Å². The van der Waals surface area contributed by atoms with Crippen molar-refractivity contribution >= 4 is 11.8 Å². The van der Waals surface area contributed by atoms with Crippen molar-refractivity contribution in [1.82, 2.24) is 9.80 Å². The van der Waals surface area contributed by atoms with E-state index in [0.29, 0.717) is 19.6 Å². The third kappa shape index (κ3) is 2.33. The van der Waals surface area contributed by atoms with Gasteiger partial charge >= 0.3 is 0 Å². The number of nitrogens with zero attached hydrogens (tertiary/aromatic N) is 2. The van der Waals surface area contributed by atoms with Crippen molar-refractivity contribution in [3.05, 3.63) is 0 Å². The number of piperazine rings is 1. The Bertz CT molecular complexity index is 303. The van der Waals surface area contributed by atoms with Crippen LogP contribution in [-0.4, -0.2) is 59.9 Å². The van der Waals surface area contributed by atoms with Crippen LogP contribution in [0, 0.1) is 0 Å². The van der Waals surface area contributed by atoms with Gasteiger partial charge in [0.15, 0.2) is 0 Å². The Hall–Kier alpha value is -1.14. The topological polar surface area (TPSA) is 92.7 Å². The molecule has 1 aliphatic heterocycles. The fourth-order valence-corrected chi connectivity index (χ4v) is 1.90. The number of carbonyl (C=O) groups is 2. The molecule has 0 aromatic rings. The van der Waals surface area contributed by atoms with E-state index < -0.39 is 17.5 Å². The summed E-state index contributed by atoms with van der Waals surface area (Å²) in [6, 6.07) is -0.726. The van der Waals surface area contributed by atoms with Gasteiger partial charge in [-0.05, 0) is 13.8 Å². The fraction of sp³-hybridized carbons (Fsp3) is 0.800. The highest BCUT2D eigenvalue weighted by Gasteiger charge is 2.41. The van der Waals surface area contributed by atoms with Crippen molar-refractivity contribution in [2.24, 2.45) is 11.5 Å². The van der Waals surface area contributed by atoms with E-state index in [1.54, 1.807) is 11.9 Å². The molecule has 1 rings (SSSR count). The third-order valence-corrected chi connectivity index (χ3v) is 3.15. The molecule has 1 unspecified atom stereocenters. The number of primary amides is 1. The van der Waals surface area contributed by atoms with Gasteiger partial charge in [-0.1, -0.05) is 0 Å². The van der Waals surface area contributed by atoms with Crippen molar-refractivity contribution in [2.45, 2.75) is 25.4 Å². The number of amides is 2. The molecule has 1 saturated heterocycles. The zero-order chi connectivity index (χ0) is 12.5. The minimum absolute atomic E-state index is 0.0374. The highest BCUT2D eigenvalue weighted by Crippen LogP contribution is 2.21. The molecule has 1 aliphatic rings. The molecule has 0 bridgehead atoms. The average Bonchev–Trinajstić information content (AvgIpc) is 2.19. The van der Waals surface area contributed by atoms with Crippen LogP contribution in [0.3, 0.4) is 0 Å². The molecule has 6 nitrogen and oxygen atoms in total. The highest BCUT2D eigenvalue weighted by atomic mass is 16.2. The Morgan fingerprint density at radius 2 is 2.06 bits per heavy atom. The molecule has 0 radical (unpaired) electrons. The summed E-state index contributed by atoms with van der Waals surface area (Å²) in [5.41, 5.74) is 10.1. The molecule has 0 spiro atoms. The molecule has 4 N–H and O–H groups in total. The van der Waals surface area contributed by atoms with E-state index in [1.165, 1.54) is 0 Å². The molecule has 2 amide bonds. The lowest BCUT2D eigenvalue weighted by atomic mass is 9.97. The molecule has 0 aliphatic carbocycles. The van der Waals surface area contributed by atoms with E-state index in [9.17, 15) is 9.59 Å². The molecular weight excluding hydrogens is 208 g/mol. The number of hydrogen-bond donors (Lipinski definition) is 2. The molecule has 16 heavy (non-hydrogen) atoms. The van der Waals surface area contributed by atoms with E-state index in [0.717, 1.165) is 0 Å². The predicted molar refractivity (Wildman–Crippen MR) is 60.5 cm³/mol. The second-order valence-electron chi connectivity index (χ2n) is 4.74. The highest BCUT2D eigenvalue weighted by molar-refractivity contribution is 5.86. The van der Waals surface area contributed by atoms with E-state index >= 15 is 0 Å². The van der Waals surface area contributed by atoms with Crippen molar-refractivity contribution in [3.8, 4) is 0 Å². The molecular formula is C10H20N4O2. The molecule has 0 aromatic carbocycles. The largest absolute Gasteiger partial charge is 0.368 e. The van der Waals surface area contributed by atoms with Crippen LogP contribution in [0.4, 0.5) is 0 Å². The molecule has 0 aromatic heterocycles. The van der Waals surface area contributed by atoms with Crippen LogP contribution in [0.2, 0.25) is 0 Å². The number of nitrogens with two attached hydrogens (primary N) is 2. The van der Waals surface area contributed by atoms with Crippen molar-refractivity contribution in [1.29, 1.82) is 0 Å². The normalized spacial score (nSPS) is 23.2. The summed E-state index contributed by atoms with van der Waals surface area (Å²) in [4.78, 5) is 26.4. The molecule has 0 saturated carbocycles. The Kier molecular flexibility index (Phi) is 3.54. The molecule has 92 valence electrons. The minimum atomic E-state index is -0.726. The lowest BCUT2D eigenvalue weighted by Crippen LogP contribution is -2.64. The summed E-state index contributed by atoms with van der Waals surface area (Å²) in [7, 11) is 1.77. The van der Waals surface area contributed by atoms with Gasteiger partial charge in [0.2, 0.25) is 11.8 Å². The minimum Gasteiger partial charge on any atom is -0.368 e. The molecule has 1 heterocycles. The van der Waals surface area contributed by atoms with Crippen LogP contribution in [0.1, 0.15) is 13.8 Å². The zero-order valence-electron chi connectivity index (χ0n) is 10.1. The van der Waals surface area contributed by atoms with Gasteiger partial charge in [-0.2, -0.15) is 0 Å². The quantitative estimate of drug-likeness (QED) is 0.605. The summed E-state index contributed by atoms with van der Waals surface area (Å²) < 4.78 is 0. The smallest absolute Gasteiger partial charge is 0.242 e. The first-order valence-electron chi connectivity index (χ1n) is 5.32. The van der Waals surface area contributed by atoms with Gasteiger partial charge < -0.3 is 16.4 Å². The Morgan fingerprint density at radius 3 is 2.56 bits per heavy atom. The van der Waals surface area contributed by atoms with Crippen molar-refractivity contribution in [3.63, 3.8) is 0 Å². The van der Waals surface area contributed by atoms with E-state index in [2.05, 4.69) is 0 Å². The second kappa shape index (κ2) is 4.39. The Labute approximate surface area is 95.5 Å². The number of hydrogen-bond acceptors (Lipinski definition) is 4. The summed E-state index contributed by atoms with van der Waals surface area (Å²) >= 11 is 0. The summed E-state index contributed by atoms with van der Waals surface area (Å²) in [6.07, 6.45) is 0. The van der Waals surface area contributed by atoms with Crippen molar-refractivity contribution in [2.75, 3.05) is 26.7 Å². The molecule has 1 fully saturated rings. The first kappa shape index (κ1) is 12.9. The van der Waals surface area contributed by atoms with Crippen LogP contribution in [0.15, 0.2) is 0 Å². The van der Waals surface area contributed by atoms with Crippen LogP contribution >= 0.6 is 0 Å². The maximum atomic E-state index is 11.9. The van der Waals surface area contributed by atoms with E-state index in [1.807, 2.05) is 18.7 Å². The molecule has 1 atom stereocenters. The van der Waals surface area contributed by atoms with Gasteiger partial charge in [0, 0.05) is 26.7 Å². The SMILES string of the molecule is CN1CCN(CC(N)C(N)=O)C(C)(C)C1=O. The zero-order valence-corrected chi connectivity index (χ0v) is 10.1. The van der Waals surface area contributed by atoms with Gasteiger partial charge in [-0.15, -0.1) is 0 Å². The average molecular weight is 228 g/mol. The van der Waals surface area contributed by atoms with Crippen LogP contribution in [0.25, 0.3) is 0 Å². The van der Waals surface area contributed by atoms with Gasteiger partial charge in [0.05, 0.1) is 11.6 Å². The summed E-state index contributed by atoms with van der Waals surface area (Å²) in [5, 5.41) is 0. The standard InChI is InChI=1S/C10H20N4O2/c1-10(2)9(16)13(3)4-5-14(10)6-7(11)8(12)15/h7H,4-6,11H2,1-3H3,(H2,12,15). The van der Waals surface area contributed by atoms with Crippen molar-refractivity contribution < 1.29 is 9.59 Å². The van der Waals surface area contributed by atoms with Gasteiger partial charge in [0.1, 0.15) is 0 Å². The first-order chi connectivity index (χ1) is 7.26. The first-order valence-corrected chi connectivity index (χ1v) is 5.32. The summed E-state index contributed by atoms with van der Waals surface area (Å²) in [5.74, 6) is -0.502. The predicted octanol–water partition coefficient (Wildman–Crippen LogP) is -1.65. The van der Waals surface area contributed by atoms with E-state index in [-0.39, 0.29) is 5.91 Å². The second-order valence-corrected chi connectivity index (χ2v) is 4.74. The van der Waals surface area contributed by atoms with Gasteiger partial charge in [0.25, 0.3) is 0 Å². The van der Waals surface area contributed by atoms with E-state index in [4.69, 9.17) is 11.5 Å². The number of carbonyl (C=O) groups excluding carboxylic acids is 2. The maximum Gasteiger partial charge on any atom is 0.242 e. The third-order valence-electron chi connectivity index (χ3n) is 3.15. The Morgan fingerprint density at radius 1 is 1.50 bits per heavy atom. The number of rotatable bonds is 3. The monoisotopic (exact) mass is 228 g/mol. The summed E-state index contributed by atoms with van der Waals surface area (Å²) in [6.45, 7) is 5.34. The van der Waals surface area contributed by atoms with Crippen LogP contribution in [0.5, 0.6) is 0 Å². The lowest BCUT2D eigenvalue weighted by Gasteiger charge is -2.45. The lowest BCUT2D eigenvalue weighted by molar-refractivity contribution is -0.147. The number of likely N-dealkylation sites (N-methyl/N-ethyl adjacent to an activating group) is 1. The fourth-order valence-electron chi connectivity index (χ4n) is 1.90. The Balaban J connectivity index is 2.74. The van der Waals surface area contributed by atoms with Crippen LogP contribution < -0.4 is 11.5 Å². The van der Waals surface area contributed by atoms with Crippen LogP contribution in [-0.2, 0) is 9.59 Å². The maximum absolute atomic E-state index is 11.9. The van der Waals surface area contributed by atoms with Gasteiger partial charge in [-0.3, -0.25) is 14.5 Å². The molecule has 6 heteroatoms.